The molecular formula is C22H20FN5O3. The van der Waals surface area contributed by atoms with Crippen LogP contribution in [-0.4, -0.2) is 46.6 Å². The molecule has 1 saturated heterocycles. The fraction of sp³-hybridized carbons (Fsp3) is 0.182. The van der Waals surface area contributed by atoms with E-state index in [0.717, 1.165) is 5.69 Å². The van der Waals surface area contributed by atoms with Crippen LogP contribution >= 0.6 is 0 Å². The maximum Gasteiger partial charge on any atom is 0.414 e. The standard InChI is InChI=1S/C22H20FN5O3/c1-14-3-2-4-21(26-14)27-25-11-16-6-5-15(10-24-16)19-8-7-17(9-20(19)23)28-12-18(13-29)31-22(28)30/h2-11,18,29H,12-13H2,1H3,(H,26,27)/b25-11+/t18-/m1/s1. The molecule has 0 bridgehead atoms. The summed E-state index contributed by atoms with van der Waals surface area (Å²) < 4.78 is 19.7. The van der Waals surface area contributed by atoms with Gasteiger partial charge in [-0.15, -0.1) is 0 Å². The van der Waals surface area contributed by atoms with Crippen LogP contribution in [0.25, 0.3) is 11.1 Å². The van der Waals surface area contributed by atoms with Gasteiger partial charge in [0.2, 0.25) is 0 Å². The molecule has 1 atom stereocenters. The van der Waals surface area contributed by atoms with Crippen molar-refractivity contribution in [3.05, 3.63) is 71.9 Å². The number of amides is 1. The first-order valence-electron chi connectivity index (χ1n) is 9.61. The number of carbonyl (C=O) groups excluding carboxylic acids is 1. The van der Waals surface area contributed by atoms with Gasteiger partial charge in [-0.3, -0.25) is 15.3 Å². The van der Waals surface area contributed by atoms with Crippen LogP contribution in [0.4, 0.5) is 20.7 Å². The average molecular weight is 421 g/mol. The number of aromatic nitrogens is 2. The zero-order chi connectivity index (χ0) is 21.8. The molecule has 0 aliphatic carbocycles. The van der Waals surface area contributed by atoms with Crippen molar-refractivity contribution in [1.82, 2.24) is 9.97 Å². The Bertz CT molecular complexity index is 1120. The zero-order valence-corrected chi connectivity index (χ0v) is 16.7. The minimum Gasteiger partial charge on any atom is -0.441 e. The van der Waals surface area contributed by atoms with Gasteiger partial charge in [-0.1, -0.05) is 12.1 Å². The van der Waals surface area contributed by atoms with E-state index in [1.165, 1.54) is 11.0 Å². The highest BCUT2D eigenvalue weighted by Crippen LogP contribution is 2.28. The van der Waals surface area contributed by atoms with Gasteiger partial charge in [-0.05, 0) is 43.3 Å². The van der Waals surface area contributed by atoms with Crippen molar-refractivity contribution < 1.29 is 19.0 Å². The molecule has 1 fully saturated rings. The van der Waals surface area contributed by atoms with E-state index in [9.17, 15) is 9.18 Å². The van der Waals surface area contributed by atoms with E-state index in [-0.39, 0.29) is 13.2 Å². The number of pyridine rings is 2. The highest BCUT2D eigenvalue weighted by molar-refractivity contribution is 5.90. The van der Waals surface area contributed by atoms with E-state index >= 15 is 0 Å². The topological polar surface area (TPSA) is 99.9 Å². The second-order valence-corrected chi connectivity index (χ2v) is 6.97. The molecule has 0 radical (unpaired) electrons. The first kappa shape index (κ1) is 20.4. The minimum atomic E-state index is -0.607. The second-order valence-electron chi connectivity index (χ2n) is 6.97. The Morgan fingerprint density at radius 3 is 2.87 bits per heavy atom. The number of hydrazone groups is 1. The molecule has 9 heteroatoms. The fourth-order valence-electron chi connectivity index (χ4n) is 3.14. The molecule has 1 amide bonds. The van der Waals surface area contributed by atoms with Gasteiger partial charge in [-0.2, -0.15) is 5.10 Å². The number of halogens is 1. The van der Waals surface area contributed by atoms with Crippen LogP contribution in [0.3, 0.4) is 0 Å². The number of aryl methyl sites for hydroxylation is 1. The van der Waals surface area contributed by atoms with Crippen LogP contribution < -0.4 is 10.3 Å². The lowest BCUT2D eigenvalue weighted by Crippen LogP contribution is -2.25. The fourth-order valence-corrected chi connectivity index (χ4v) is 3.14. The van der Waals surface area contributed by atoms with Gasteiger partial charge in [0, 0.05) is 23.0 Å². The van der Waals surface area contributed by atoms with Gasteiger partial charge in [0.05, 0.1) is 30.7 Å². The van der Waals surface area contributed by atoms with Crippen molar-refractivity contribution in [2.24, 2.45) is 5.10 Å². The number of hydrogen-bond acceptors (Lipinski definition) is 7. The van der Waals surface area contributed by atoms with E-state index in [4.69, 9.17) is 9.84 Å². The summed E-state index contributed by atoms with van der Waals surface area (Å²) in [6.07, 6.45) is 1.89. The molecule has 1 aliphatic rings. The number of aliphatic hydroxyl groups is 1. The second kappa shape index (κ2) is 8.88. The third-order valence-electron chi connectivity index (χ3n) is 4.70. The molecule has 31 heavy (non-hydrogen) atoms. The van der Waals surface area contributed by atoms with Crippen molar-refractivity contribution in [2.75, 3.05) is 23.5 Å². The first-order chi connectivity index (χ1) is 15.0. The highest BCUT2D eigenvalue weighted by Gasteiger charge is 2.32. The molecule has 3 heterocycles. The van der Waals surface area contributed by atoms with Crippen molar-refractivity contribution >= 4 is 23.8 Å². The Labute approximate surface area is 178 Å². The monoisotopic (exact) mass is 421 g/mol. The van der Waals surface area contributed by atoms with E-state index in [1.807, 2.05) is 19.1 Å². The largest absolute Gasteiger partial charge is 0.441 e. The quantitative estimate of drug-likeness (QED) is 0.468. The van der Waals surface area contributed by atoms with Crippen molar-refractivity contribution in [2.45, 2.75) is 13.0 Å². The molecule has 1 aliphatic heterocycles. The summed E-state index contributed by atoms with van der Waals surface area (Å²) in [5, 5.41) is 13.2. The maximum absolute atomic E-state index is 14.7. The lowest BCUT2D eigenvalue weighted by Gasteiger charge is -2.14. The van der Waals surface area contributed by atoms with Crippen LogP contribution in [0.15, 0.2) is 59.8 Å². The predicted molar refractivity (Wildman–Crippen MR) is 115 cm³/mol. The Morgan fingerprint density at radius 2 is 2.19 bits per heavy atom. The number of nitrogens with zero attached hydrogens (tertiary/aromatic N) is 4. The van der Waals surface area contributed by atoms with Gasteiger partial charge in [0.15, 0.2) is 0 Å². The molecule has 0 unspecified atom stereocenters. The highest BCUT2D eigenvalue weighted by atomic mass is 19.1. The number of carbonyl (C=O) groups is 1. The third kappa shape index (κ3) is 4.67. The molecule has 4 rings (SSSR count). The number of aliphatic hydroxyl groups excluding tert-OH is 1. The van der Waals surface area contributed by atoms with E-state index < -0.39 is 18.0 Å². The Morgan fingerprint density at radius 1 is 1.32 bits per heavy atom. The van der Waals surface area contributed by atoms with E-state index in [0.29, 0.717) is 28.3 Å². The smallest absolute Gasteiger partial charge is 0.414 e. The molecule has 2 aromatic heterocycles. The molecule has 0 spiro atoms. The number of hydrogen-bond donors (Lipinski definition) is 2. The van der Waals surface area contributed by atoms with E-state index in [1.54, 1.807) is 42.7 Å². The van der Waals surface area contributed by atoms with Gasteiger partial charge in [0.1, 0.15) is 17.7 Å². The summed E-state index contributed by atoms with van der Waals surface area (Å²) in [7, 11) is 0. The molecule has 3 aromatic rings. The number of anilines is 2. The number of cyclic esters (lactones) is 1. The zero-order valence-electron chi connectivity index (χ0n) is 16.7. The number of ether oxygens (including phenoxy) is 1. The van der Waals surface area contributed by atoms with Gasteiger partial charge < -0.3 is 9.84 Å². The molecule has 0 saturated carbocycles. The van der Waals surface area contributed by atoms with Crippen LogP contribution in [0.2, 0.25) is 0 Å². The third-order valence-corrected chi connectivity index (χ3v) is 4.70. The molecule has 8 nitrogen and oxygen atoms in total. The Hall–Kier alpha value is -3.85. The summed E-state index contributed by atoms with van der Waals surface area (Å²) in [6, 6.07) is 13.5. The molecular weight excluding hydrogens is 401 g/mol. The minimum absolute atomic E-state index is 0.176. The van der Waals surface area contributed by atoms with Crippen LogP contribution in [0.5, 0.6) is 0 Å². The molecule has 158 valence electrons. The predicted octanol–water partition coefficient (Wildman–Crippen LogP) is 3.35. The summed E-state index contributed by atoms with van der Waals surface area (Å²) in [4.78, 5) is 21.7. The Kier molecular flexibility index (Phi) is 5.85. The number of rotatable bonds is 6. The summed E-state index contributed by atoms with van der Waals surface area (Å²) in [6.45, 7) is 1.79. The van der Waals surface area contributed by atoms with E-state index in [2.05, 4.69) is 20.5 Å². The van der Waals surface area contributed by atoms with Crippen LogP contribution in [-0.2, 0) is 4.74 Å². The summed E-state index contributed by atoms with van der Waals surface area (Å²) in [5.41, 5.74) is 5.62. The maximum atomic E-state index is 14.7. The number of nitrogens with one attached hydrogen (secondary N) is 1. The van der Waals surface area contributed by atoms with Gasteiger partial charge in [0.25, 0.3) is 0 Å². The normalized spacial score (nSPS) is 16.0. The van der Waals surface area contributed by atoms with Gasteiger partial charge in [-0.25, -0.2) is 14.2 Å². The molecule has 2 N–H and O–H groups in total. The average Bonchev–Trinajstić information content (AvgIpc) is 3.15. The van der Waals surface area contributed by atoms with Crippen LogP contribution in [0, 0.1) is 12.7 Å². The van der Waals surface area contributed by atoms with Crippen molar-refractivity contribution in [1.29, 1.82) is 0 Å². The van der Waals surface area contributed by atoms with Gasteiger partial charge >= 0.3 is 6.09 Å². The van der Waals surface area contributed by atoms with Crippen LogP contribution in [0.1, 0.15) is 11.4 Å². The first-order valence-corrected chi connectivity index (χ1v) is 9.61. The summed E-state index contributed by atoms with van der Waals surface area (Å²) in [5.74, 6) is 0.135. The lowest BCUT2D eigenvalue weighted by molar-refractivity contribution is 0.0963. The SMILES string of the molecule is Cc1cccc(N/N=C/c2ccc(-c3ccc(N4C[C@H](CO)OC4=O)cc3F)cn2)n1. The number of benzene rings is 1. The lowest BCUT2D eigenvalue weighted by atomic mass is 10.1. The van der Waals surface area contributed by atoms with Crippen molar-refractivity contribution in [3.63, 3.8) is 0 Å². The summed E-state index contributed by atoms with van der Waals surface area (Å²) >= 11 is 0. The van der Waals surface area contributed by atoms with Crippen molar-refractivity contribution in [3.8, 4) is 11.1 Å². The Balaban J connectivity index is 1.45. The molecule has 1 aromatic carbocycles.